The summed E-state index contributed by atoms with van der Waals surface area (Å²) in [6, 6.07) is 0. The molecule has 1 aliphatic carbocycles. The van der Waals surface area contributed by atoms with Crippen LogP contribution in [0.15, 0.2) is 12.4 Å². The first-order valence-corrected chi connectivity index (χ1v) is 6.33. The Kier molecular flexibility index (Phi) is 3.82. The molecule has 1 fully saturated rings. The number of aromatic nitrogens is 2. The summed E-state index contributed by atoms with van der Waals surface area (Å²) >= 11 is 0. The molecule has 0 saturated heterocycles. The summed E-state index contributed by atoms with van der Waals surface area (Å²) in [4.78, 5) is 8.45. The number of rotatable bonds is 3. The minimum atomic E-state index is 0.287. The fourth-order valence-electron chi connectivity index (χ4n) is 2.67. The molecule has 1 heterocycles. The van der Waals surface area contributed by atoms with Gasteiger partial charge in [0, 0.05) is 7.05 Å². The minimum absolute atomic E-state index is 0.287. The van der Waals surface area contributed by atoms with Crippen molar-refractivity contribution < 1.29 is 4.74 Å². The lowest BCUT2D eigenvalue weighted by Gasteiger charge is -2.31. The van der Waals surface area contributed by atoms with E-state index in [1.165, 1.54) is 6.42 Å². The summed E-state index contributed by atoms with van der Waals surface area (Å²) in [5.74, 6) is 2.86. The monoisotopic (exact) mass is 235 g/mol. The largest absolute Gasteiger partial charge is 0.473 e. The summed E-state index contributed by atoms with van der Waals surface area (Å²) in [5, 5.41) is 2.97. The zero-order chi connectivity index (χ0) is 12.3. The van der Waals surface area contributed by atoms with Crippen molar-refractivity contribution in [3.63, 3.8) is 0 Å². The van der Waals surface area contributed by atoms with Gasteiger partial charge in [0.15, 0.2) is 0 Å². The van der Waals surface area contributed by atoms with Gasteiger partial charge in [-0.05, 0) is 31.1 Å². The summed E-state index contributed by atoms with van der Waals surface area (Å²) < 4.78 is 5.93. The molecule has 17 heavy (non-hydrogen) atoms. The molecule has 0 radical (unpaired) electrons. The highest BCUT2D eigenvalue weighted by Gasteiger charge is 2.25. The maximum Gasteiger partial charge on any atom is 0.234 e. The van der Waals surface area contributed by atoms with Gasteiger partial charge in [-0.1, -0.05) is 13.8 Å². The molecule has 1 aromatic heterocycles. The van der Waals surface area contributed by atoms with Crippen molar-refractivity contribution in [2.24, 2.45) is 11.8 Å². The van der Waals surface area contributed by atoms with Gasteiger partial charge in [0.2, 0.25) is 5.88 Å². The van der Waals surface area contributed by atoms with Crippen LogP contribution in [0.5, 0.6) is 5.88 Å². The van der Waals surface area contributed by atoms with Gasteiger partial charge in [-0.25, -0.2) is 0 Å². The molecule has 0 aliphatic heterocycles. The molecule has 1 saturated carbocycles. The summed E-state index contributed by atoms with van der Waals surface area (Å²) in [5.41, 5.74) is 0. The van der Waals surface area contributed by atoms with E-state index < -0.39 is 0 Å². The van der Waals surface area contributed by atoms with Gasteiger partial charge in [0.05, 0.1) is 12.4 Å². The van der Waals surface area contributed by atoms with Crippen molar-refractivity contribution in [1.29, 1.82) is 0 Å². The van der Waals surface area contributed by atoms with Gasteiger partial charge in [0.1, 0.15) is 11.9 Å². The molecule has 2 unspecified atom stereocenters. The Balaban J connectivity index is 1.99. The van der Waals surface area contributed by atoms with E-state index in [1.54, 1.807) is 12.4 Å². The molecule has 4 heteroatoms. The quantitative estimate of drug-likeness (QED) is 0.875. The van der Waals surface area contributed by atoms with E-state index in [2.05, 4.69) is 29.1 Å². The topological polar surface area (TPSA) is 47.0 Å². The van der Waals surface area contributed by atoms with Gasteiger partial charge >= 0.3 is 0 Å². The highest BCUT2D eigenvalue weighted by atomic mass is 16.5. The zero-order valence-electron chi connectivity index (χ0n) is 10.8. The van der Waals surface area contributed by atoms with Crippen LogP contribution in [0.4, 0.5) is 5.82 Å². The first-order chi connectivity index (χ1) is 8.17. The molecule has 0 aromatic carbocycles. The Bertz CT molecular complexity index is 359. The van der Waals surface area contributed by atoms with Crippen LogP contribution in [0.1, 0.15) is 33.1 Å². The van der Waals surface area contributed by atoms with E-state index in [0.717, 1.165) is 30.5 Å². The predicted octanol–water partition coefficient (Wildman–Crippen LogP) is 2.72. The van der Waals surface area contributed by atoms with E-state index in [0.29, 0.717) is 5.88 Å². The molecule has 1 aliphatic rings. The van der Waals surface area contributed by atoms with E-state index in [1.807, 2.05) is 7.05 Å². The normalized spacial score (nSPS) is 28.8. The lowest BCUT2D eigenvalue weighted by Crippen LogP contribution is -2.28. The number of hydrogen-bond acceptors (Lipinski definition) is 4. The van der Waals surface area contributed by atoms with Crippen LogP contribution < -0.4 is 10.1 Å². The third-order valence-electron chi connectivity index (χ3n) is 3.29. The molecular weight excluding hydrogens is 214 g/mol. The first kappa shape index (κ1) is 12.1. The first-order valence-electron chi connectivity index (χ1n) is 6.33. The second kappa shape index (κ2) is 5.34. The molecule has 2 atom stereocenters. The van der Waals surface area contributed by atoms with Gasteiger partial charge in [-0.15, -0.1) is 0 Å². The molecule has 1 N–H and O–H groups in total. The summed E-state index contributed by atoms with van der Waals surface area (Å²) in [7, 11) is 1.83. The smallest absolute Gasteiger partial charge is 0.234 e. The molecule has 0 spiro atoms. The highest BCUT2D eigenvalue weighted by Crippen LogP contribution is 2.30. The van der Waals surface area contributed by atoms with Crippen LogP contribution in [-0.4, -0.2) is 23.1 Å². The number of nitrogens with one attached hydrogen (secondary N) is 1. The van der Waals surface area contributed by atoms with Crippen LogP contribution in [0.25, 0.3) is 0 Å². The van der Waals surface area contributed by atoms with E-state index in [-0.39, 0.29) is 6.10 Å². The average Bonchev–Trinajstić information content (AvgIpc) is 2.28. The average molecular weight is 235 g/mol. The van der Waals surface area contributed by atoms with Crippen LogP contribution >= 0.6 is 0 Å². The Morgan fingerprint density at radius 2 is 1.88 bits per heavy atom. The maximum atomic E-state index is 5.93. The Morgan fingerprint density at radius 3 is 2.53 bits per heavy atom. The Labute approximate surface area is 103 Å². The minimum Gasteiger partial charge on any atom is -0.473 e. The van der Waals surface area contributed by atoms with E-state index in [4.69, 9.17) is 4.74 Å². The number of hydrogen-bond donors (Lipinski definition) is 1. The van der Waals surface area contributed by atoms with Crippen molar-refractivity contribution in [3.8, 4) is 5.88 Å². The number of anilines is 1. The van der Waals surface area contributed by atoms with Crippen LogP contribution in [0, 0.1) is 11.8 Å². The summed E-state index contributed by atoms with van der Waals surface area (Å²) in [6.45, 7) is 4.59. The standard InChI is InChI=1S/C13H21N3O/c1-9-4-10(2)6-11(5-9)17-13-8-15-7-12(14-3)16-13/h7-11H,4-6H2,1-3H3,(H,14,16). The number of nitrogens with zero attached hydrogens (tertiary/aromatic N) is 2. The maximum absolute atomic E-state index is 5.93. The molecule has 94 valence electrons. The Morgan fingerprint density at radius 1 is 1.18 bits per heavy atom. The lowest BCUT2D eigenvalue weighted by atomic mass is 9.82. The highest BCUT2D eigenvalue weighted by molar-refractivity contribution is 5.31. The van der Waals surface area contributed by atoms with E-state index >= 15 is 0 Å². The Hall–Kier alpha value is -1.32. The van der Waals surface area contributed by atoms with Crippen molar-refractivity contribution >= 4 is 5.82 Å². The fourth-order valence-corrected chi connectivity index (χ4v) is 2.67. The summed E-state index contributed by atoms with van der Waals surface area (Å²) in [6.07, 6.45) is 7.22. The number of ether oxygens (including phenoxy) is 1. The van der Waals surface area contributed by atoms with Crippen LogP contribution in [-0.2, 0) is 0 Å². The van der Waals surface area contributed by atoms with E-state index in [9.17, 15) is 0 Å². The molecule has 2 rings (SSSR count). The second-order valence-corrected chi connectivity index (χ2v) is 5.15. The van der Waals surface area contributed by atoms with Gasteiger partial charge in [0.25, 0.3) is 0 Å². The SMILES string of the molecule is CNc1cncc(OC2CC(C)CC(C)C2)n1. The van der Waals surface area contributed by atoms with Gasteiger partial charge < -0.3 is 10.1 Å². The lowest BCUT2D eigenvalue weighted by molar-refractivity contribution is 0.0964. The van der Waals surface area contributed by atoms with Crippen molar-refractivity contribution in [2.75, 3.05) is 12.4 Å². The fraction of sp³-hybridized carbons (Fsp3) is 0.692. The third kappa shape index (κ3) is 3.32. The van der Waals surface area contributed by atoms with Crippen LogP contribution in [0.2, 0.25) is 0 Å². The molecule has 0 bridgehead atoms. The van der Waals surface area contributed by atoms with Gasteiger partial charge in [-0.2, -0.15) is 4.98 Å². The molecule has 4 nitrogen and oxygen atoms in total. The predicted molar refractivity (Wildman–Crippen MR) is 68.2 cm³/mol. The van der Waals surface area contributed by atoms with Crippen molar-refractivity contribution in [2.45, 2.75) is 39.2 Å². The zero-order valence-corrected chi connectivity index (χ0v) is 10.8. The third-order valence-corrected chi connectivity index (χ3v) is 3.29. The van der Waals surface area contributed by atoms with Gasteiger partial charge in [-0.3, -0.25) is 4.98 Å². The van der Waals surface area contributed by atoms with Crippen molar-refractivity contribution in [1.82, 2.24) is 9.97 Å². The molecule has 0 amide bonds. The molecule has 1 aromatic rings. The second-order valence-electron chi connectivity index (χ2n) is 5.15. The van der Waals surface area contributed by atoms with Crippen molar-refractivity contribution in [3.05, 3.63) is 12.4 Å². The molecular formula is C13H21N3O. The van der Waals surface area contributed by atoms with Crippen LogP contribution in [0.3, 0.4) is 0 Å².